The van der Waals surface area contributed by atoms with Crippen LogP contribution in [0.4, 0.5) is 5.82 Å². The zero-order chi connectivity index (χ0) is 17.2. The van der Waals surface area contributed by atoms with Gasteiger partial charge in [-0.15, -0.1) is 0 Å². The van der Waals surface area contributed by atoms with Crippen molar-refractivity contribution in [3.8, 4) is 0 Å². The van der Waals surface area contributed by atoms with Gasteiger partial charge in [-0.25, -0.2) is 4.98 Å². The van der Waals surface area contributed by atoms with E-state index in [9.17, 15) is 9.59 Å². The molecule has 0 bridgehead atoms. The number of carbonyl (C=O) groups is 1. The minimum absolute atomic E-state index is 0.0240. The van der Waals surface area contributed by atoms with E-state index in [-0.39, 0.29) is 17.5 Å². The molecule has 2 N–H and O–H groups in total. The minimum Gasteiger partial charge on any atom is -0.350 e. The van der Waals surface area contributed by atoms with Gasteiger partial charge in [-0.1, -0.05) is 6.07 Å². The fraction of sp³-hybridized carbons (Fsp3) is 0.421. The van der Waals surface area contributed by atoms with E-state index in [4.69, 9.17) is 0 Å². The molecule has 0 unspecified atom stereocenters. The van der Waals surface area contributed by atoms with Crippen LogP contribution in [0.15, 0.2) is 35.4 Å². The van der Waals surface area contributed by atoms with Crippen molar-refractivity contribution in [3.05, 3.63) is 57.6 Å². The van der Waals surface area contributed by atoms with Gasteiger partial charge in [0.2, 0.25) is 0 Å². The van der Waals surface area contributed by atoms with Crippen molar-refractivity contribution in [3.63, 3.8) is 0 Å². The fourth-order valence-corrected chi connectivity index (χ4v) is 3.84. The van der Waals surface area contributed by atoms with Gasteiger partial charge < -0.3 is 15.2 Å². The Morgan fingerprint density at radius 1 is 1.24 bits per heavy atom. The van der Waals surface area contributed by atoms with E-state index in [1.165, 1.54) is 23.7 Å². The van der Waals surface area contributed by atoms with Gasteiger partial charge in [0.15, 0.2) is 5.82 Å². The third-order valence-corrected chi connectivity index (χ3v) is 5.11. The molecule has 0 saturated carbocycles. The summed E-state index contributed by atoms with van der Waals surface area (Å²) in [5, 5.41) is 3.12. The molecule has 0 radical (unpaired) electrons. The smallest absolute Gasteiger partial charge is 0.290 e. The van der Waals surface area contributed by atoms with Crippen LogP contribution in [0.2, 0.25) is 0 Å². The maximum atomic E-state index is 12.6. The first-order valence-corrected chi connectivity index (χ1v) is 8.92. The highest BCUT2D eigenvalue weighted by Gasteiger charge is 2.24. The fourth-order valence-electron chi connectivity index (χ4n) is 3.84. The summed E-state index contributed by atoms with van der Waals surface area (Å²) in [7, 11) is 0. The van der Waals surface area contributed by atoms with Crippen LogP contribution in [0.3, 0.4) is 0 Å². The first kappa shape index (κ1) is 15.9. The van der Waals surface area contributed by atoms with Crippen molar-refractivity contribution in [2.45, 2.75) is 38.1 Å². The number of carbonyl (C=O) groups excluding carboxylic acids is 1. The number of benzene rings is 1. The molecule has 1 atom stereocenters. The SMILES string of the molecule is O=C(N[C@@H]1CCCN(c2ncc[nH]c2=O)C1)c1ccc2c(c1)CCC2. The molecule has 6 heteroatoms. The summed E-state index contributed by atoms with van der Waals surface area (Å²) < 4.78 is 0. The third-order valence-electron chi connectivity index (χ3n) is 5.11. The monoisotopic (exact) mass is 338 g/mol. The van der Waals surface area contributed by atoms with Crippen LogP contribution in [0.1, 0.15) is 40.7 Å². The minimum atomic E-state index is -0.187. The van der Waals surface area contributed by atoms with E-state index in [2.05, 4.69) is 21.4 Å². The molecule has 130 valence electrons. The Balaban J connectivity index is 1.44. The lowest BCUT2D eigenvalue weighted by Crippen LogP contribution is -2.49. The summed E-state index contributed by atoms with van der Waals surface area (Å²) in [6.07, 6.45) is 8.32. The Bertz CT molecular complexity index is 845. The molecule has 1 saturated heterocycles. The first-order chi connectivity index (χ1) is 12.2. The highest BCUT2D eigenvalue weighted by Crippen LogP contribution is 2.23. The van der Waals surface area contributed by atoms with Crippen LogP contribution in [0, 0.1) is 0 Å². The number of H-pyrrole nitrogens is 1. The van der Waals surface area contributed by atoms with Crippen LogP contribution in [0.5, 0.6) is 0 Å². The number of hydrogen-bond donors (Lipinski definition) is 2. The van der Waals surface area contributed by atoms with Crippen molar-refractivity contribution in [2.75, 3.05) is 18.0 Å². The van der Waals surface area contributed by atoms with Crippen molar-refractivity contribution in [2.24, 2.45) is 0 Å². The van der Waals surface area contributed by atoms with Crippen LogP contribution in [0.25, 0.3) is 0 Å². The number of hydrogen-bond acceptors (Lipinski definition) is 4. The van der Waals surface area contributed by atoms with Gasteiger partial charge in [0, 0.05) is 37.1 Å². The van der Waals surface area contributed by atoms with Crippen LogP contribution in [-0.2, 0) is 12.8 Å². The lowest BCUT2D eigenvalue weighted by molar-refractivity contribution is 0.0933. The molecule has 1 aromatic heterocycles. The maximum Gasteiger partial charge on any atom is 0.290 e. The second kappa shape index (κ2) is 6.70. The Hall–Kier alpha value is -2.63. The number of aromatic amines is 1. The third kappa shape index (κ3) is 3.29. The summed E-state index contributed by atoms with van der Waals surface area (Å²) >= 11 is 0. The summed E-state index contributed by atoms with van der Waals surface area (Å²) in [4.78, 5) is 33.3. The molecule has 2 heterocycles. The van der Waals surface area contributed by atoms with Gasteiger partial charge in [0.05, 0.1) is 0 Å². The molecule has 1 aromatic carbocycles. The van der Waals surface area contributed by atoms with Gasteiger partial charge in [-0.3, -0.25) is 9.59 Å². The predicted octanol–water partition coefficient (Wildman–Crippen LogP) is 1.66. The molecule has 1 fully saturated rings. The van der Waals surface area contributed by atoms with Crippen molar-refractivity contribution < 1.29 is 4.79 Å². The van der Waals surface area contributed by atoms with Gasteiger partial charge in [-0.05, 0) is 55.4 Å². The van der Waals surface area contributed by atoms with E-state index in [0.717, 1.165) is 37.8 Å². The van der Waals surface area contributed by atoms with E-state index < -0.39 is 0 Å². The number of aromatic nitrogens is 2. The zero-order valence-electron chi connectivity index (χ0n) is 14.1. The second-order valence-corrected chi connectivity index (χ2v) is 6.84. The van der Waals surface area contributed by atoms with E-state index in [1.807, 2.05) is 17.0 Å². The standard InChI is InChI=1S/C19H22N4O2/c24-18(15-7-6-13-3-1-4-14(13)11-15)22-16-5-2-10-23(12-16)17-19(25)21-9-8-20-17/h6-9,11,16H,1-5,10,12H2,(H,21,25)(H,22,24)/t16-/m1/s1. The molecule has 2 aliphatic rings. The molecule has 6 nitrogen and oxygen atoms in total. The summed E-state index contributed by atoms with van der Waals surface area (Å²) in [5.74, 6) is 0.399. The molecule has 2 aromatic rings. The lowest BCUT2D eigenvalue weighted by Gasteiger charge is -2.33. The molecule has 1 amide bonds. The molecule has 0 spiro atoms. The first-order valence-electron chi connectivity index (χ1n) is 8.92. The maximum absolute atomic E-state index is 12.6. The largest absolute Gasteiger partial charge is 0.350 e. The topological polar surface area (TPSA) is 78.1 Å². The number of nitrogens with zero attached hydrogens (tertiary/aromatic N) is 2. The highest BCUT2D eigenvalue weighted by atomic mass is 16.1. The predicted molar refractivity (Wildman–Crippen MR) is 96.0 cm³/mol. The Labute approximate surface area is 146 Å². The van der Waals surface area contributed by atoms with Crippen LogP contribution < -0.4 is 15.8 Å². The molecule has 4 rings (SSSR count). The molecule has 1 aliphatic carbocycles. The van der Waals surface area contributed by atoms with Gasteiger partial charge >= 0.3 is 0 Å². The Morgan fingerprint density at radius 2 is 2.12 bits per heavy atom. The number of rotatable bonds is 3. The van der Waals surface area contributed by atoms with Crippen molar-refractivity contribution >= 4 is 11.7 Å². The van der Waals surface area contributed by atoms with Gasteiger partial charge in [-0.2, -0.15) is 0 Å². The van der Waals surface area contributed by atoms with E-state index in [0.29, 0.717) is 12.4 Å². The average molecular weight is 338 g/mol. The quantitative estimate of drug-likeness (QED) is 0.892. The molecular weight excluding hydrogens is 316 g/mol. The molecule has 1 aliphatic heterocycles. The van der Waals surface area contributed by atoms with Crippen LogP contribution >= 0.6 is 0 Å². The summed E-state index contributed by atoms with van der Waals surface area (Å²) in [6, 6.07) is 6.05. The number of fused-ring (bicyclic) bond motifs is 1. The highest BCUT2D eigenvalue weighted by molar-refractivity contribution is 5.94. The second-order valence-electron chi connectivity index (χ2n) is 6.84. The van der Waals surface area contributed by atoms with Gasteiger partial charge in [0.1, 0.15) is 0 Å². The number of anilines is 1. The zero-order valence-corrected chi connectivity index (χ0v) is 14.1. The van der Waals surface area contributed by atoms with E-state index >= 15 is 0 Å². The molecule has 25 heavy (non-hydrogen) atoms. The summed E-state index contributed by atoms with van der Waals surface area (Å²) in [5.41, 5.74) is 3.22. The Morgan fingerprint density at radius 3 is 3.00 bits per heavy atom. The summed E-state index contributed by atoms with van der Waals surface area (Å²) in [6.45, 7) is 1.39. The van der Waals surface area contributed by atoms with E-state index in [1.54, 1.807) is 6.20 Å². The number of nitrogens with one attached hydrogen (secondary N) is 2. The lowest BCUT2D eigenvalue weighted by atomic mass is 10.0. The van der Waals surface area contributed by atoms with Crippen LogP contribution in [-0.4, -0.2) is 35.0 Å². The van der Waals surface area contributed by atoms with Gasteiger partial charge in [0.25, 0.3) is 11.5 Å². The van der Waals surface area contributed by atoms with Crippen molar-refractivity contribution in [1.29, 1.82) is 0 Å². The Kier molecular flexibility index (Phi) is 4.26. The molecular formula is C19H22N4O2. The number of amides is 1. The van der Waals surface area contributed by atoms with Crippen molar-refractivity contribution in [1.82, 2.24) is 15.3 Å². The normalized spacial score (nSPS) is 19.5. The number of piperidine rings is 1. The average Bonchev–Trinajstić information content (AvgIpc) is 3.10. The number of aryl methyl sites for hydroxylation is 2.